The molecule has 0 spiro atoms. The van der Waals surface area contributed by atoms with Crippen LogP contribution in [0.15, 0.2) is 36.4 Å². The third kappa shape index (κ3) is 3.05. The van der Waals surface area contributed by atoms with Crippen LogP contribution in [0, 0.1) is 0 Å². The third-order valence-electron chi connectivity index (χ3n) is 2.34. The lowest BCUT2D eigenvalue weighted by Gasteiger charge is -2.09. The van der Waals surface area contributed by atoms with Gasteiger partial charge in [-0.25, -0.2) is 4.98 Å². The Kier molecular flexibility index (Phi) is 3.89. The zero-order valence-electron chi connectivity index (χ0n) is 9.89. The number of pyridine rings is 1. The monoisotopic (exact) mass is 264 g/mol. The molecular formula is C13H13ClN2O2. The molecule has 0 saturated carbocycles. The molecule has 0 fully saturated rings. The van der Waals surface area contributed by atoms with Gasteiger partial charge in [-0.3, -0.25) is 0 Å². The molecule has 0 aliphatic carbocycles. The lowest BCUT2D eigenvalue weighted by molar-refractivity contribution is 0.299. The molecule has 0 amide bonds. The molecule has 5 heteroatoms. The van der Waals surface area contributed by atoms with Gasteiger partial charge in [-0.05, 0) is 18.2 Å². The van der Waals surface area contributed by atoms with Crippen molar-refractivity contribution in [2.24, 2.45) is 0 Å². The maximum atomic E-state index is 5.88. The fourth-order valence-electron chi connectivity index (χ4n) is 1.44. The topological polar surface area (TPSA) is 57.4 Å². The van der Waals surface area contributed by atoms with E-state index in [0.29, 0.717) is 28.9 Å². The Labute approximate surface area is 110 Å². The molecule has 94 valence electrons. The Balaban J connectivity index is 2.08. The van der Waals surface area contributed by atoms with Crippen LogP contribution in [0.5, 0.6) is 11.6 Å². The number of ether oxygens (including phenoxy) is 2. The van der Waals surface area contributed by atoms with Crippen LogP contribution in [0.1, 0.15) is 5.69 Å². The first-order valence-corrected chi connectivity index (χ1v) is 5.74. The number of hydrogen-bond donors (Lipinski definition) is 1. The summed E-state index contributed by atoms with van der Waals surface area (Å²) in [6.45, 7) is 0.307. The van der Waals surface area contributed by atoms with Crippen molar-refractivity contribution in [2.45, 2.75) is 6.61 Å². The second-order valence-corrected chi connectivity index (χ2v) is 4.08. The average Bonchev–Trinajstić information content (AvgIpc) is 2.40. The number of nitrogens with zero attached hydrogens (tertiary/aromatic N) is 1. The average molecular weight is 265 g/mol. The maximum Gasteiger partial charge on any atom is 0.213 e. The molecule has 0 radical (unpaired) electrons. The largest absolute Gasteiger partial charge is 0.485 e. The van der Waals surface area contributed by atoms with E-state index in [-0.39, 0.29) is 0 Å². The van der Waals surface area contributed by atoms with Gasteiger partial charge in [0.25, 0.3) is 0 Å². The standard InChI is InChI=1S/C13H13ClN2O2/c1-17-13-4-2-3-10(16-13)8-18-12-7-9(14)5-6-11(12)15/h2-7H,8,15H2,1H3. The summed E-state index contributed by atoms with van der Waals surface area (Å²) in [5.74, 6) is 1.10. The highest BCUT2D eigenvalue weighted by Gasteiger charge is 2.03. The smallest absolute Gasteiger partial charge is 0.213 e. The minimum Gasteiger partial charge on any atom is -0.485 e. The first-order valence-electron chi connectivity index (χ1n) is 5.37. The number of aromatic nitrogens is 1. The predicted molar refractivity (Wildman–Crippen MR) is 71.0 cm³/mol. The van der Waals surface area contributed by atoms with E-state index in [1.165, 1.54) is 0 Å². The molecule has 2 aromatic rings. The van der Waals surface area contributed by atoms with Gasteiger partial charge >= 0.3 is 0 Å². The fraction of sp³-hybridized carbons (Fsp3) is 0.154. The van der Waals surface area contributed by atoms with Crippen LogP contribution in [0.2, 0.25) is 5.02 Å². The van der Waals surface area contributed by atoms with E-state index in [1.54, 1.807) is 31.4 Å². The first kappa shape index (κ1) is 12.5. The van der Waals surface area contributed by atoms with Gasteiger partial charge in [0, 0.05) is 17.2 Å². The number of halogens is 1. The van der Waals surface area contributed by atoms with Gasteiger partial charge in [-0.15, -0.1) is 0 Å². The normalized spacial score (nSPS) is 10.1. The zero-order valence-corrected chi connectivity index (χ0v) is 10.6. The first-order chi connectivity index (χ1) is 8.69. The molecule has 0 aliphatic heterocycles. The van der Waals surface area contributed by atoms with Crippen LogP contribution in [0.25, 0.3) is 0 Å². The minimum atomic E-state index is 0.307. The summed E-state index contributed by atoms with van der Waals surface area (Å²) >= 11 is 5.88. The summed E-state index contributed by atoms with van der Waals surface area (Å²) < 4.78 is 10.6. The highest BCUT2D eigenvalue weighted by atomic mass is 35.5. The molecule has 4 nitrogen and oxygen atoms in total. The van der Waals surface area contributed by atoms with Crippen molar-refractivity contribution in [3.63, 3.8) is 0 Å². The quantitative estimate of drug-likeness (QED) is 0.863. The molecule has 0 saturated heterocycles. The van der Waals surface area contributed by atoms with Crippen molar-refractivity contribution in [1.29, 1.82) is 0 Å². The van der Waals surface area contributed by atoms with Gasteiger partial charge in [0.2, 0.25) is 5.88 Å². The van der Waals surface area contributed by atoms with Gasteiger partial charge in [-0.2, -0.15) is 0 Å². The second-order valence-electron chi connectivity index (χ2n) is 3.64. The van der Waals surface area contributed by atoms with Crippen LogP contribution >= 0.6 is 11.6 Å². The van der Waals surface area contributed by atoms with Crippen molar-refractivity contribution in [2.75, 3.05) is 12.8 Å². The summed E-state index contributed by atoms with van der Waals surface area (Å²) in [6, 6.07) is 10.6. The summed E-state index contributed by atoms with van der Waals surface area (Å²) in [7, 11) is 1.57. The minimum absolute atomic E-state index is 0.307. The highest BCUT2D eigenvalue weighted by molar-refractivity contribution is 6.30. The Morgan fingerprint density at radius 3 is 2.89 bits per heavy atom. The van der Waals surface area contributed by atoms with E-state index in [0.717, 1.165) is 5.69 Å². The van der Waals surface area contributed by atoms with Gasteiger partial charge in [0.05, 0.1) is 18.5 Å². The van der Waals surface area contributed by atoms with Gasteiger partial charge in [-0.1, -0.05) is 17.7 Å². The van der Waals surface area contributed by atoms with Crippen LogP contribution in [-0.2, 0) is 6.61 Å². The molecule has 2 rings (SSSR count). The molecule has 0 unspecified atom stereocenters. The summed E-state index contributed by atoms with van der Waals surface area (Å²) in [4.78, 5) is 4.24. The number of methoxy groups -OCH3 is 1. The number of benzene rings is 1. The summed E-state index contributed by atoms with van der Waals surface area (Å²) in [5, 5.41) is 0.581. The Morgan fingerprint density at radius 1 is 1.28 bits per heavy atom. The Hall–Kier alpha value is -1.94. The van der Waals surface area contributed by atoms with Gasteiger partial charge in [0.1, 0.15) is 12.4 Å². The molecule has 0 aliphatic rings. The lowest BCUT2D eigenvalue weighted by atomic mass is 10.3. The van der Waals surface area contributed by atoms with E-state index in [9.17, 15) is 0 Å². The van der Waals surface area contributed by atoms with E-state index >= 15 is 0 Å². The van der Waals surface area contributed by atoms with Crippen LogP contribution in [0.4, 0.5) is 5.69 Å². The van der Waals surface area contributed by atoms with Crippen molar-refractivity contribution >= 4 is 17.3 Å². The Morgan fingerprint density at radius 2 is 2.11 bits per heavy atom. The molecule has 1 heterocycles. The molecule has 1 aromatic carbocycles. The molecule has 2 N–H and O–H groups in total. The third-order valence-corrected chi connectivity index (χ3v) is 2.58. The summed E-state index contributed by atoms with van der Waals surface area (Å²) in [6.07, 6.45) is 0. The van der Waals surface area contributed by atoms with Crippen LogP contribution in [-0.4, -0.2) is 12.1 Å². The molecule has 0 atom stereocenters. The van der Waals surface area contributed by atoms with E-state index in [1.807, 2.05) is 12.1 Å². The zero-order chi connectivity index (χ0) is 13.0. The van der Waals surface area contributed by atoms with Crippen molar-refractivity contribution < 1.29 is 9.47 Å². The van der Waals surface area contributed by atoms with Gasteiger partial charge < -0.3 is 15.2 Å². The summed E-state index contributed by atoms with van der Waals surface area (Å²) in [5.41, 5.74) is 7.08. The SMILES string of the molecule is COc1cccc(COc2cc(Cl)ccc2N)n1. The predicted octanol–water partition coefficient (Wildman–Crippen LogP) is 2.90. The number of nitrogen functional groups attached to an aromatic ring is 1. The van der Waals surface area contributed by atoms with E-state index < -0.39 is 0 Å². The maximum absolute atomic E-state index is 5.88. The Bertz CT molecular complexity index is 546. The second kappa shape index (κ2) is 5.60. The number of anilines is 1. The molecule has 18 heavy (non-hydrogen) atoms. The van der Waals surface area contributed by atoms with Gasteiger partial charge in [0.15, 0.2) is 0 Å². The number of hydrogen-bond acceptors (Lipinski definition) is 4. The lowest BCUT2D eigenvalue weighted by Crippen LogP contribution is -2.01. The fourth-order valence-corrected chi connectivity index (χ4v) is 1.60. The molecular weight excluding hydrogens is 252 g/mol. The van der Waals surface area contributed by atoms with Crippen molar-refractivity contribution in [3.8, 4) is 11.6 Å². The van der Waals surface area contributed by atoms with E-state index in [4.69, 9.17) is 26.8 Å². The van der Waals surface area contributed by atoms with E-state index in [2.05, 4.69) is 4.98 Å². The molecule has 1 aromatic heterocycles. The molecule has 0 bridgehead atoms. The van der Waals surface area contributed by atoms with Crippen LogP contribution < -0.4 is 15.2 Å². The van der Waals surface area contributed by atoms with Crippen LogP contribution in [0.3, 0.4) is 0 Å². The van der Waals surface area contributed by atoms with Crippen molar-refractivity contribution in [3.05, 3.63) is 47.1 Å². The number of nitrogens with two attached hydrogens (primary N) is 1. The number of rotatable bonds is 4. The van der Waals surface area contributed by atoms with Crippen molar-refractivity contribution in [1.82, 2.24) is 4.98 Å². The highest BCUT2D eigenvalue weighted by Crippen LogP contribution is 2.26.